The van der Waals surface area contributed by atoms with Crippen molar-refractivity contribution in [1.29, 1.82) is 0 Å². The summed E-state index contributed by atoms with van der Waals surface area (Å²) in [6, 6.07) is 0.366. The number of ether oxygens (including phenoxy) is 1. The first-order valence-corrected chi connectivity index (χ1v) is 8.14. The molecule has 1 N–H and O–H groups in total. The van der Waals surface area contributed by atoms with Crippen molar-refractivity contribution in [1.82, 2.24) is 4.72 Å². The zero-order valence-electron chi connectivity index (χ0n) is 11.3. The Balaban J connectivity index is 2.17. The maximum atomic E-state index is 12.0. The van der Waals surface area contributed by atoms with Gasteiger partial charge in [-0.05, 0) is 33.6 Å². The fourth-order valence-electron chi connectivity index (χ4n) is 2.37. The topological polar surface area (TPSA) is 67.8 Å². The first-order chi connectivity index (χ1) is 8.31. The van der Waals surface area contributed by atoms with Crippen LogP contribution < -0.4 is 4.72 Å². The third kappa shape index (κ3) is 2.79. The number of amidine groups is 1. The van der Waals surface area contributed by atoms with Gasteiger partial charge in [-0.25, -0.2) is 18.1 Å². The Morgan fingerprint density at radius 2 is 1.89 bits per heavy atom. The maximum Gasteiger partial charge on any atom is 0.299 e. The van der Waals surface area contributed by atoms with Gasteiger partial charge in [-0.1, -0.05) is 19.3 Å². The van der Waals surface area contributed by atoms with Crippen LogP contribution in [0, 0.1) is 0 Å². The first-order valence-electron chi connectivity index (χ1n) is 6.60. The molecule has 1 saturated carbocycles. The second-order valence-corrected chi connectivity index (χ2v) is 7.72. The molecule has 0 aromatic heterocycles. The van der Waals surface area contributed by atoms with E-state index in [2.05, 4.69) is 9.71 Å². The van der Waals surface area contributed by atoms with Gasteiger partial charge in [0.05, 0.1) is 6.04 Å². The van der Waals surface area contributed by atoms with Crippen LogP contribution in [0.3, 0.4) is 0 Å². The van der Waals surface area contributed by atoms with Gasteiger partial charge in [0.1, 0.15) is 10.9 Å². The van der Waals surface area contributed by atoms with E-state index in [0.717, 1.165) is 25.7 Å². The molecule has 2 rings (SSSR count). The number of rotatable bonds is 1. The zero-order valence-corrected chi connectivity index (χ0v) is 12.1. The smallest absolute Gasteiger partial charge is 0.299 e. The number of nitrogens with one attached hydrogen (secondary N) is 1. The Labute approximate surface area is 109 Å². The number of nitrogens with zero attached hydrogens (tertiary/aromatic N) is 1. The van der Waals surface area contributed by atoms with E-state index in [4.69, 9.17) is 4.74 Å². The summed E-state index contributed by atoms with van der Waals surface area (Å²) in [5, 5.41) is -0.588. The molecule has 5 nitrogen and oxygen atoms in total. The summed E-state index contributed by atoms with van der Waals surface area (Å²) >= 11 is 0. The van der Waals surface area contributed by atoms with Gasteiger partial charge >= 0.3 is 0 Å². The fraction of sp³-hybridized carbons (Fsp3) is 0.917. The van der Waals surface area contributed by atoms with E-state index >= 15 is 0 Å². The lowest BCUT2D eigenvalue weighted by Crippen LogP contribution is -2.57. The third-order valence-corrected chi connectivity index (χ3v) is 5.87. The average molecular weight is 274 g/mol. The van der Waals surface area contributed by atoms with Crippen LogP contribution >= 0.6 is 0 Å². The van der Waals surface area contributed by atoms with Crippen molar-refractivity contribution in [2.75, 3.05) is 0 Å². The minimum Gasteiger partial charge on any atom is -0.457 e. The van der Waals surface area contributed by atoms with Gasteiger partial charge in [-0.15, -0.1) is 0 Å². The molecule has 1 aliphatic carbocycles. The largest absolute Gasteiger partial charge is 0.457 e. The van der Waals surface area contributed by atoms with Gasteiger partial charge in [0.25, 0.3) is 6.02 Å². The molecule has 0 radical (unpaired) electrons. The maximum absolute atomic E-state index is 12.0. The lowest BCUT2D eigenvalue weighted by atomic mass is 9.96. The average Bonchev–Trinajstić information content (AvgIpc) is 2.26. The first kappa shape index (κ1) is 13.6. The summed E-state index contributed by atoms with van der Waals surface area (Å²) < 4.78 is 32.1. The highest BCUT2D eigenvalue weighted by Gasteiger charge is 2.44. The third-order valence-electron chi connectivity index (χ3n) is 3.91. The summed E-state index contributed by atoms with van der Waals surface area (Å²) in [5.41, 5.74) is -0.739. The molecule has 1 atom stereocenters. The van der Waals surface area contributed by atoms with E-state index in [1.165, 1.54) is 6.42 Å². The summed E-state index contributed by atoms with van der Waals surface area (Å²) in [7, 11) is -3.37. The van der Waals surface area contributed by atoms with Gasteiger partial charge in [0, 0.05) is 0 Å². The molecule has 1 saturated heterocycles. The van der Waals surface area contributed by atoms with Crippen LogP contribution in [0.15, 0.2) is 4.99 Å². The number of aliphatic imine (C=N–C) groups is 1. The second kappa shape index (κ2) is 4.72. The van der Waals surface area contributed by atoms with E-state index in [-0.39, 0.29) is 12.1 Å². The Morgan fingerprint density at radius 1 is 1.28 bits per heavy atom. The predicted molar refractivity (Wildman–Crippen MR) is 71.0 cm³/mol. The molecule has 0 aromatic carbocycles. The summed E-state index contributed by atoms with van der Waals surface area (Å²) in [6.07, 6.45) is 5.60. The Hall–Kier alpha value is -0.780. The summed E-state index contributed by atoms with van der Waals surface area (Å²) in [6.45, 7) is 5.22. The predicted octanol–water partition coefficient (Wildman–Crippen LogP) is 1.79. The van der Waals surface area contributed by atoms with Crippen molar-refractivity contribution in [3.05, 3.63) is 0 Å². The molecule has 1 aliphatic heterocycles. The molecular weight excluding hydrogens is 252 g/mol. The van der Waals surface area contributed by atoms with E-state index in [9.17, 15) is 8.42 Å². The number of hydrogen-bond donors (Lipinski definition) is 1. The molecule has 2 aliphatic rings. The standard InChI is InChI=1S/C12H22N2O3S/c1-9-12(2,3)17-11(14-18(9,15)16)13-10-7-5-4-6-8-10/h9-10H,4-8H2,1-3H3,(H,13,14). The van der Waals surface area contributed by atoms with Crippen LogP contribution in [0.5, 0.6) is 0 Å². The van der Waals surface area contributed by atoms with E-state index in [0.29, 0.717) is 0 Å². The lowest BCUT2D eigenvalue weighted by Gasteiger charge is -2.37. The summed E-state index contributed by atoms with van der Waals surface area (Å²) in [4.78, 5) is 4.42. The molecular formula is C12H22N2O3S. The van der Waals surface area contributed by atoms with Crippen molar-refractivity contribution >= 4 is 16.0 Å². The van der Waals surface area contributed by atoms with Crippen LogP contribution in [-0.2, 0) is 14.8 Å². The minimum atomic E-state index is -3.37. The van der Waals surface area contributed by atoms with E-state index in [1.807, 2.05) is 0 Å². The molecule has 0 spiro atoms. The van der Waals surface area contributed by atoms with E-state index in [1.54, 1.807) is 20.8 Å². The molecule has 104 valence electrons. The summed E-state index contributed by atoms with van der Waals surface area (Å²) in [5.74, 6) is 0. The minimum absolute atomic E-state index is 0.171. The van der Waals surface area contributed by atoms with Crippen LogP contribution in [0.1, 0.15) is 52.9 Å². The molecule has 1 heterocycles. The zero-order chi connectivity index (χ0) is 13.4. The van der Waals surface area contributed by atoms with Gasteiger partial charge in [-0.2, -0.15) is 0 Å². The van der Waals surface area contributed by atoms with Crippen molar-refractivity contribution in [2.24, 2.45) is 4.99 Å². The number of sulfonamides is 1. The normalized spacial score (nSPS) is 33.7. The Morgan fingerprint density at radius 3 is 2.44 bits per heavy atom. The highest BCUT2D eigenvalue weighted by atomic mass is 32.2. The molecule has 0 amide bonds. The van der Waals surface area contributed by atoms with Crippen molar-refractivity contribution in [2.45, 2.75) is 69.8 Å². The van der Waals surface area contributed by atoms with E-state index < -0.39 is 20.9 Å². The Bertz CT molecular complexity index is 436. The molecule has 6 heteroatoms. The van der Waals surface area contributed by atoms with Crippen LogP contribution in [0.2, 0.25) is 0 Å². The van der Waals surface area contributed by atoms with Gasteiger partial charge in [-0.3, -0.25) is 0 Å². The number of hydrogen-bond acceptors (Lipinski definition) is 4. The molecule has 1 unspecified atom stereocenters. The van der Waals surface area contributed by atoms with Gasteiger partial charge < -0.3 is 4.74 Å². The molecule has 18 heavy (non-hydrogen) atoms. The van der Waals surface area contributed by atoms with Crippen LogP contribution in [0.25, 0.3) is 0 Å². The van der Waals surface area contributed by atoms with Crippen LogP contribution in [0.4, 0.5) is 0 Å². The molecule has 0 aromatic rings. The highest BCUT2D eigenvalue weighted by molar-refractivity contribution is 7.90. The highest BCUT2D eigenvalue weighted by Crippen LogP contribution is 2.26. The Kier molecular flexibility index (Phi) is 3.58. The lowest BCUT2D eigenvalue weighted by molar-refractivity contribution is 0.0807. The van der Waals surface area contributed by atoms with Crippen molar-refractivity contribution < 1.29 is 13.2 Å². The van der Waals surface area contributed by atoms with Crippen LogP contribution in [-0.4, -0.2) is 31.3 Å². The van der Waals surface area contributed by atoms with Gasteiger partial charge in [0.2, 0.25) is 10.0 Å². The van der Waals surface area contributed by atoms with Gasteiger partial charge in [0.15, 0.2) is 0 Å². The van der Waals surface area contributed by atoms with Crippen molar-refractivity contribution in [3.63, 3.8) is 0 Å². The fourth-order valence-corrected chi connectivity index (χ4v) is 3.68. The SMILES string of the molecule is CC1C(C)(C)OC(=NC2CCCCC2)NS1(=O)=O. The monoisotopic (exact) mass is 274 g/mol. The molecule has 0 bridgehead atoms. The second-order valence-electron chi connectivity index (χ2n) is 5.72. The quantitative estimate of drug-likeness (QED) is 0.792. The van der Waals surface area contributed by atoms with Crippen molar-refractivity contribution in [3.8, 4) is 0 Å². The molecule has 2 fully saturated rings.